The summed E-state index contributed by atoms with van der Waals surface area (Å²) >= 11 is 0. The average Bonchev–Trinajstić information content (AvgIpc) is 2.27. The molecule has 1 aliphatic rings. The van der Waals surface area contributed by atoms with Gasteiger partial charge < -0.3 is 11.1 Å². The topological polar surface area (TPSA) is 55.1 Å². The summed E-state index contributed by atoms with van der Waals surface area (Å²) in [6.45, 7) is 5.03. The third-order valence-electron chi connectivity index (χ3n) is 3.40. The second-order valence-electron chi connectivity index (χ2n) is 5.30. The van der Waals surface area contributed by atoms with E-state index in [-0.39, 0.29) is 5.91 Å². The zero-order valence-corrected chi connectivity index (χ0v) is 10.0. The van der Waals surface area contributed by atoms with Crippen LogP contribution >= 0.6 is 0 Å². The molecule has 1 aliphatic carbocycles. The van der Waals surface area contributed by atoms with Gasteiger partial charge in [0, 0.05) is 13.1 Å². The van der Waals surface area contributed by atoms with Crippen molar-refractivity contribution in [2.45, 2.75) is 46.0 Å². The third kappa shape index (κ3) is 3.82. The molecule has 0 heterocycles. The van der Waals surface area contributed by atoms with Gasteiger partial charge >= 0.3 is 0 Å². The summed E-state index contributed by atoms with van der Waals surface area (Å²) in [4.78, 5) is 11.7. The largest absolute Gasteiger partial charge is 0.355 e. The van der Waals surface area contributed by atoms with E-state index in [1.54, 1.807) is 0 Å². The first-order valence-corrected chi connectivity index (χ1v) is 6.04. The van der Waals surface area contributed by atoms with Gasteiger partial charge in [0.15, 0.2) is 0 Å². The second-order valence-corrected chi connectivity index (χ2v) is 5.30. The van der Waals surface area contributed by atoms with E-state index in [0.717, 1.165) is 6.54 Å². The monoisotopic (exact) mass is 212 g/mol. The van der Waals surface area contributed by atoms with Crippen LogP contribution in [0, 0.1) is 11.3 Å². The van der Waals surface area contributed by atoms with E-state index in [2.05, 4.69) is 5.32 Å². The molecule has 0 bridgehead atoms. The molecule has 0 radical (unpaired) electrons. The normalized spacial score (nSPS) is 18.9. The summed E-state index contributed by atoms with van der Waals surface area (Å²) in [5.41, 5.74) is 5.13. The van der Waals surface area contributed by atoms with Gasteiger partial charge in [0.25, 0.3) is 0 Å². The highest BCUT2D eigenvalue weighted by molar-refractivity contribution is 5.81. The van der Waals surface area contributed by atoms with Crippen LogP contribution in [0.2, 0.25) is 0 Å². The van der Waals surface area contributed by atoms with Gasteiger partial charge in [-0.3, -0.25) is 4.79 Å². The molecule has 0 unspecified atom stereocenters. The highest BCUT2D eigenvalue weighted by atomic mass is 16.2. The maximum absolute atomic E-state index is 11.7. The summed E-state index contributed by atoms with van der Waals surface area (Å²) < 4.78 is 0. The molecule has 1 saturated carbocycles. The number of rotatable bonds is 4. The predicted molar refractivity (Wildman–Crippen MR) is 62.4 cm³/mol. The highest BCUT2D eigenvalue weighted by Gasteiger charge is 2.26. The molecule has 0 aliphatic heterocycles. The molecule has 0 aromatic rings. The van der Waals surface area contributed by atoms with E-state index in [1.165, 1.54) is 32.1 Å². The van der Waals surface area contributed by atoms with Crippen LogP contribution in [0.25, 0.3) is 0 Å². The molecule has 88 valence electrons. The van der Waals surface area contributed by atoms with Crippen LogP contribution in [0.15, 0.2) is 0 Å². The van der Waals surface area contributed by atoms with Gasteiger partial charge in [-0.25, -0.2) is 0 Å². The zero-order valence-electron chi connectivity index (χ0n) is 10.0. The van der Waals surface area contributed by atoms with Crippen molar-refractivity contribution >= 4 is 5.91 Å². The lowest BCUT2D eigenvalue weighted by molar-refractivity contribution is -0.129. The molecule has 0 saturated heterocycles. The van der Waals surface area contributed by atoms with Crippen molar-refractivity contribution in [3.05, 3.63) is 0 Å². The number of amides is 1. The van der Waals surface area contributed by atoms with E-state index < -0.39 is 5.41 Å². The molecule has 0 aromatic heterocycles. The van der Waals surface area contributed by atoms with Crippen molar-refractivity contribution in [1.29, 1.82) is 0 Å². The zero-order chi connectivity index (χ0) is 11.3. The Hall–Kier alpha value is -0.570. The minimum Gasteiger partial charge on any atom is -0.355 e. The van der Waals surface area contributed by atoms with Gasteiger partial charge in [0.1, 0.15) is 0 Å². The lowest BCUT2D eigenvalue weighted by Crippen LogP contribution is -2.43. The molecule has 3 heteroatoms. The van der Waals surface area contributed by atoms with Gasteiger partial charge in [-0.2, -0.15) is 0 Å². The first-order valence-electron chi connectivity index (χ1n) is 6.04. The maximum atomic E-state index is 11.7. The summed E-state index contributed by atoms with van der Waals surface area (Å²) in [5.74, 6) is 0.784. The fourth-order valence-corrected chi connectivity index (χ4v) is 1.96. The number of carbonyl (C=O) groups is 1. The number of carbonyl (C=O) groups excluding carboxylic acids is 1. The minimum absolute atomic E-state index is 0.0931. The Morgan fingerprint density at radius 1 is 1.33 bits per heavy atom. The van der Waals surface area contributed by atoms with E-state index in [1.807, 2.05) is 13.8 Å². The van der Waals surface area contributed by atoms with E-state index in [0.29, 0.717) is 12.5 Å². The fraction of sp³-hybridized carbons (Fsp3) is 0.917. The predicted octanol–water partition coefficient (Wildman–Crippen LogP) is 1.67. The van der Waals surface area contributed by atoms with Crippen molar-refractivity contribution in [3.63, 3.8) is 0 Å². The number of hydrogen-bond acceptors (Lipinski definition) is 2. The molecule has 3 N–H and O–H groups in total. The molecule has 3 nitrogen and oxygen atoms in total. The van der Waals surface area contributed by atoms with Gasteiger partial charge in [-0.15, -0.1) is 0 Å². The van der Waals surface area contributed by atoms with Crippen LogP contribution in [-0.2, 0) is 4.79 Å². The molecule has 1 amide bonds. The number of hydrogen-bond donors (Lipinski definition) is 2. The summed E-state index contributed by atoms with van der Waals surface area (Å²) in [6, 6.07) is 0. The van der Waals surface area contributed by atoms with Crippen molar-refractivity contribution in [2.75, 3.05) is 13.1 Å². The SMILES string of the molecule is CC(C)(CN)C(=O)NCC1CCCCC1. The van der Waals surface area contributed by atoms with Crippen molar-refractivity contribution in [2.24, 2.45) is 17.1 Å². The molecular formula is C12H24N2O. The van der Waals surface area contributed by atoms with Crippen molar-refractivity contribution < 1.29 is 4.79 Å². The number of nitrogens with one attached hydrogen (secondary N) is 1. The quantitative estimate of drug-likeness (QED) is 0.744. The molecule has 1 rings (SSSR count). The summed E-state index contributed by atoms with van der Waals surface area (Å²) in [5, 5.41) is 3.02. The Labute approximate surface area is 92.8 Å². The van der Waals surface area contributed by atoms with Crippen LogP contribution in [0.5, 0.6) is 0 Å². The van der Waals surface area contributed by atoms with Crippen LogP contribution in [0.1, 0.15) is 46.0 Å². The Morgan fingerprint density at radius 3 is 2.47 bits per heavy atom. The standard InChI is InChI=1S/C12H24N2O/c1-12(2,9-13)11(15)14-8-10-6-4-3-5-7-10/h10H,3-9,13H2,1-2H3,(H,14,15). The van der Waals surface area contributed by atoms with Crippen molar-refractivity contribution in [3.8, 4) is 0 Å². The van der Waals surface area contributed by atoms with Crippen LogP contribution in [0.4, 0.5) is 0 Å². The third-order valence-corrected chi connectivity index (χ3v) is 3.40. The van der Waals surface area contributed by atoms with Crippen LogP contribution < -0.4 is 11.1 Å². The smallest absolute Gasteiger partial charge is 0.226 e. The molecule has 0 spiro atoms. The molecule has 15 heavy (non-hydrogen) atoms. The molecule has 0 aromatic carbocycles. The van der Waals surface area contributed by atoms with Crippen LogP contribution in [-0.4, -0.2) is 19.0 Å². The fourth-order valence-electron chi connectivity index (χ4n) is 1.96. The van der Waals surface area contributed by atoms with E-state index in [9.17, 15) is 4.79 Å². The van der Waals surface area contributed by atoms with Gasteiger partial charge in [-0.1, -0.05) is 19.3 Å². The maximum Gasteiger partial charge on any atom is 0.226 e. The van der Waals surface area contributed by atoms with E-state index in [4.69, 9.17) is 5.73 Å². The average molecular weight is 212 g/mol. The molecule has 1 fully saturated rings. The molecule has 0 atom stereocenters. The Morgan fingerprint density at radius 2 is 1.93 bits per heavy atom. The van der Waals surface area contributed by atoms with Crippen molar-refractivity contribution in [1.82, 2.24) is 5.32 Å². The summed E-state index contributed by atoms with van der Waals surface area (Å²) in [7, 11) is 0. The van der Waals surface area contributed by atoms with Gasteiger partial charge in [-0.05, 0) is 32.6 Å². The van der Waals surface area contributed by atoms with Gasteiger partial charge in [0.05, 0.1) is 5.41 Å². The van der Waals surface area contributed by atoms with Crippen LogP contribution in [0.3, 0.4) is 0 Å². The van der Waals surface area contributed by atoms with E-state index >= 15 is 0 Å². The van der Waals surface area contributed by atoms with Gasteiger partial charge in [0.2, 0.25) is 5.91 Å². The molecular weight excluding hydrogens is 188 g/mol. The number of nitrogens with two attached hydrogens (primary N) is 1. The first-order chi connectivity index (χ1) is 7.06. The summed E-state index contributed by atoms with van der Waals surface area (Å²) in [6.07, 6.45) is 6.53. The lowest BCUT2D eigenvalue weighted by Gasteiger charge is -2.25. The Balaban J connectivity index is 2.26. The highest BCUT2D eigenvalue weighted by Crippen LogP contribution is 2.23. The Bertz CT molecular complexity index is 208. The first kappa shape index (κ1) is 12.5. The minimum atomic E-state index is -0.422. The lowest BCUT2D eigenvalue weighted by atomic mass is 9.88. The Kier molecular flexibility index (Phi) is 4.58. The second kappa shape index (κ2) is 5.50.